The second-order valence-corrected chi connectivity index (χ2v) is 9.74. The van der Waals surface area contributed by atoms with E-state index < -0.39 is 4.92 Å². The number of nitro benzene ring substituents is 1. The van der Waals surface area contributed by atoms with Crippen molar-refractivity contribution in [3.63, 3.8) is 0 Å². The molecule has 40 heavy (non-hydrogen) atoms. The van der Waals surface area contributed by atoms with Gasteiger partial charge < -0.3 is 9.80 Å². The Morgan fingerprint density at radius 3 is 2.17 bits per heavy atom. The highest BCUT2D eigenvalue weighted by Gasteiger charge is 2.27. The number of nitro groups is 1. The molecule has 0 radical (unpaired) electrons. The average Bonchev–Trinajstić information content (AvgIpc) is 3.33. The molecule has 0 aliphatic carbocycles. The van der Waals surface area contributed by atoms with E-state index in [4.69, 9.17) is 15.1 Å². The van der Waals surface area contributed by atoms with Gasteiger partial charge in [0, 0.05) is 50.3 Å². The quantitative estimate of drug-likeness (QED) is 0.232. The van der Waals surface area contributed by atoms with E-state index in [0.717, 1.165) is 33.8 Å². The summed E-state index contributed by atoms with van der Waals surface area (Å²) in [4.78, 5) is 37.6. The van der Waals surface area contributed by atoms with Crippen LogP contribution in [0, 0.1) is 17.0 Å². The predicted octanol–water partition coefficient (Wildman–Crippen LogP) is 4.59. The molecule has 1 saturated heterocycles. The fourth-order valence-corrected chi connectivity index (χ4v) is 5.07. The lowest BCUT2D eigenvalue weighted by molar-refractivity contribution is -0.384. The predicted molar refractivity (Wildman–Crippen MR) is 152 cm³/mol. The van der Waals surface area contributed by atoms with Crippen LogP contribution >= 0.6 is 0 Å². The molecule has 0 atom stereocenters. The molecule has 1 amide bonds. The van der Waals surface area contributed by atoms with E-state index in [1.54, 1.807) is 4.90 Å². The number of hydrogen-bond acceptors (Lipinski definition) is 7. The summed E-state index contributed by atoms with van der Waals surface area (Å²) in [5.41, 5.74) is 4.04. The number of aromatic nitrogens is 4. The number of aryl methyl sites for hydroxylation is 1. The fourth-order valence-electron chi connectivity index (χ4n) is 5.07. The summed E-state index contributed by atoms with van der Waals surface area (Å²) in [6, 6.07) is 25.8. The van der Waals surface area contributed by atoms with Crippen molar-refractivity contribution in [3.05, 3.63) is 118 Å². The molecule has 10 heteroatoms. The van der Waals surface area contributed by atoms with Crippen molar-refractivity contribution < 1.29 is 9.72 Å². The summed E-state index contributed by atoms with van der Waals surface area (Å²) < 4.78 is 1.87. The van der Waals surface area contributed by atoms with Crippen LogP contribution in [-0.4, -0.2) is 61.7 Å². The minimum absolute atomic E-state index is 0.0353. The van der Waals surface area contributed by atoms with Gasteiger partial charge in [0.1, 0.15) is 11.6 Å². The summed E-state index contributed by atoms with van der Waals surface area (Å²) in [7, 11) is 0. The number of non-ortho nitro benzene ring substituents is 1. The Kier molecular flexibility index (Phi) is 6.65. The highest BCUT2D eigenvalue weighted by atomic mass is 16.6. The molecular formula is C30H27N7O3. The van der Waals surface area contributed by atoms with Crippen molar-refractivity contribution in [2.24, 2.45) is 0 Å². The summed E-state index contributed by atoms with van der Waals surface area (Å²) in [6.45, 7) is 4.15. The van der Waals surface area contributed by atoms with Crippen LogP contribution in [0.2, 0.25) is 0 Å². The van der Waals surface area contributed by atoms with Crippen molar-refractivity contribution in [1.29, 1.82) is 0 Å². The first-order chi connectivity index (χ1) is 19.5. The van der Waals surface area contributed by atoms with E-state index in [1.165, 1.54) is 24.3 Å². The van der Waals surface area contributed by atoms with Gasteiger partial charge >= 0.3 is 0 Å². The number of anilines is 1. The molecule has 0 unspecified atom stereocenters. The molecule has 3 heterocycles. The third kappa shape index (κ3) is 4.86. The van der Waals surface area contributed by atoms with E-state index in [0.29, 0.717) is 44.0 Å². The van der Waals surface area contributed by atoms with Crippen LogP contribution in [0.5, 0.6) is 0 Å². The van der Waals surface area contributed by atoms with Gasteiger partial charge in [0.15, 0.2) is 5.65 Å². The first-order valence-electron chi connectivity index (χ1n) is 13.1. The van der Waals surface area contributed by atoms with Crippen LogP contribution < -0.4 is 4.90 Å². The standard InChI is InChI=1S/C30H27N7O3/c1-21-27-28(34-16-18-35(19-17-34)30(38)23-12-14-25(15-13-23)37(39)40)31-26(20-22-8-4-2-5-9-22)32-29(27)36(33-21)24-10-6-3-7-11-24/h2-15H,16-20H2,1H3. The third-order valence-electron chi connectivity index (χ3n) is 7.13. The van der Waals surface area contributed by atoms with Crippen LogP contribution in [-0.2, 0) is 6.42 Å². The average molecular weight is 534 g/mol. The number of hydrogen-bond donors (Lipinski definition) is 0. The zero-order valence-corrected chi connectivity index (χ0v) is 22.0. The maximum atomic E-state index is 13.1. The molecule has 2 aromatic heterocycles. The highest BCUT2D eigenvalue weighted by molar-refractivity contribution is 5.95. The number of carbonyl (C=O) groups excluding carboxylic acids is 1. The van der Waals surface area contributed by atoms with E-state index in [2.05, 4.69) is 17.0 Å². The molecular weight excluding hydrogens is 506 g/mol. The first-order valence-corrected chi connectivity index (χ1v) is 13.1. The van der Waals surface area contributed by atoms with Gasteiger partial charge in [0.2, 0.25) is 0 Å². The molecule has 6 rings (SSSR count). The SMILES string of the molecule is Cc1nn(-c2ccccc2)c2nc(Cc3ccccc3)nc(N3CCN(C(=O)c4ccc([N+](=O)[O-])cc4)CC3)c12. The van der Waals surface area contributed by atoms with Crippen LogP contribution in [0.4, 0.5) is 11.5 Å². The second kappa shape index (κ2) is 10.6. The minimum atomic E-state index is -0.469. The Morgan fingerprint density at radius 1 is 0.875 bits per heavy atom. The van der Waals surface area contributed by atoms with Crippen molar-refractivity contribution in [2.75, 3.05) is 31.1 Å². The van der Waals surface area contributed by atoms with Gasteiger partial charge in [-0.1, -0.05) is 48.5 Å². The van der Waals surface area contributed by atoms with Gasteiger partial charge in [-0.2, -0.15) is 5.10 Å². The van der Waals surface area contributed by atoms with E-state index in [-0.39, 0.29) is 11.6 Å². The number of fused-ring (bicyclic) bond motifs is 1. The Balaban J connectivity index is 1.32. The number of benzene rings is 3. The molecule has 10 nitrogen and oxygen atoms in total. The number of amides is 1. The molecule has 3 aromatic carbocycles. The highest BCUT2D eigenvalue weighted by Crippen LogP contribution is 2.30. The number of piperazine rings is 1. The topological polar surface area (TPSA) is 110 Å². The van der Waals surface area contributed by atoms with Crippen LogP contribution in [0.15, 0.2) is 84.9 Å². The number of para-hydroxylation sites is 1. The maximum Gasteiger partial charge on any atom is 0.269 e. The molecule has 5 aromatic rings. The van der Waals surface area contributed by atoms with E-state index in [1.807, 2.05) is 60.1 Å². The van der Waals surface area contributed by atoms with E-state index >= 15 is 0 Å². The summed E-state index contributed by atoms with van der Waals surface area (Å²) in [5.74, 6) is 1.38. The number of nitrogens with zero attached hydrogens (tertiary/aromatic N) is 7. The number of rotatable bonds is 6. The normalized spacial score (nSPS) is 13.5. The Labute approximate surface area is 230 Å². The van der Waals surface area contributed by atoms with Gasteiger partial charge in [-0.3, -0.25) is 14.9 Å². The van der Waals surface area contributed by atoms with Gasteiger partial charge in [-0.15, -0.1) is 0 Å². The van der Waals surface area contributed by atoms with Crippen LogP contribution in [0.25, 0.3) is 16.7 Å². The molecule has 200 valence electrons. The first kappa shape index (κ1) is 25.2. The van der Waals surface area contributed by atoms with E-state index in [9.17, 15) is 14.9 Å². The van der Waals surface area contributed by atoms with Gasteiger partial charge in [-0.05, 0) is 36.8 Å². The monoisotopic (exact) mass is 533 g/mol. The smallest absolute Gasteiger partial charge is 0.269 e. The molecule has 1 aliphatic heterocycles. The molecule has 0 saturated carbocycles. The second-order valence-electron chi connectivity index (χ2n) is 9.74. The molecule has 1 fully saturated rings. The van der Waals surface area contributed by atoms with Crippen LogP contribution in [0.3, 0.4) is 0 Å². The molecule has 0 N–H and O–H groups in total. The molecule has 0 bridgehead atoms. The van der Waals surface area contributed by atoms with Gasteiger partial charge in [0.05, 0.1) is 21.7 Å². The summed E-state index contributed by atoms with van der Waals surface area (Å²) >= 11 is 0. The largest absolute Gasteiger partial charge is 0.352 e. The summed E-state index contributed by atoms with van der Waals surface area (Å²) in [5, 5.41) is 16.7. The Bertz CT molecular complexity index is 1680. The van der Waals surface area contributed by atoms with Gasteiger partial charge in [0.25, 0.3) is 11.6 Å². The molecule has 1 aliphatic rings. The third-order valence-corrected chi connectivity index (χ3v) is 7.13. The lowest BCUT2D eigenvalue weighted by atomic mass is 10.1. The van der Waals surface area contributed by atoms with Gasteiger partial charge in [-0.25, -0.2) is 14.6 Å². The van der Waals surface area contributed by atoms with Crippen molar-refractivity contribution in [2.45, 2.75) is 13.3 Å². The van der Waals surface area contributed by atoms with Crippen molar-refractivity contribution in [1.82, 2.24) is 24.6 Å². The zero-order valence-electron chi connectivity index (χ0n) is 22.0. The Morgan fingerprint density at radius 2 is 1.52 bits per heavy atom. The maximum absolute atomic E-state index is 13.1. The Hall–Kier alpha value is -5.12. The lowest BCUT2D eigenvalue weighted by Crippen LogP contribution is -2.49. The number of carbonyl (C=O) groups is 1. The van der Waals surface area contributed by atoms with Crippen LogP contribution in [0.1, 0.15) is 27.4 Å². The lowest BCUT2D eigenvalue weighted by Gasteiger charge is -2.35. The van der Waals surface area contributed by atoms with Crippen molar-refractivity contribution >= 4 is 28.4 Å². The summed E-state index contributed by atoms with van der Waals surface area (Å²) in [6.07, 6.45) is 0.585. The fraction of sp³-hybridized carbons (Fsp3) is 0.200. The minimum Gasteiger partial charge on any atom is -0.352 e. The molecule has 0 spiro atoms. The zero-order chi connectivity index (χ0) is 27.6. The van der Waals surface area contributed by atoms with Crippen molar-refractivity contribution in [3.8, 4) is 5.69 Å².